The van der Waals surface area contributed by atoms with E-state index in [0.717, 1.165) is 11.6 Å². The van der Waals surface area contributed by atoms with Gasteiger partial charge in [-0.1, -0.05) is 0 Å². The van der Waals surface area contributed by atoms with Gasteiger partial charge in [-0.2, -0.15) is 0 Å². The minimum atomic E-state index is -0.254. The molecule has 7 heteroatoms. The highest BCUT2D eigenvalue weighted by Crippen LogP contribution is 2.40. The summed E-state index contributed by atoms with van der Waals surface area (Å²) in [4.78, 5) is 8.17. The van der Waals surface area contributed by atoms with Crippen LogP contribution in [0, 0.1) is 5.82 Å². The Morgan fingerprint density at radius 1 is 1.42 bits per heavy atom. The van der Waals surface area contributed by atoms with Crippen molar-refractivity contribution in [3.8, 4) is 0 Å². The van der Waals surface area contributed by atoms with Crippen LogP contribution in [0.4, 0.5) is 9.52 Å². The van der Waals surface area contributed by atoms with Crippen LogP contribution >= 0.6 is 23.6 Å². The largest absolute Gasteiger partial charge is 0.359 e. The Kier molecular flexibility index (Phi) is 3.39. The summed E-state index contributed by atoms with van der Waals surface area (Å²) in [5.74, 6) is -0.159. The summed E-state index contributed by atoms with van der Waals surface area (Å²) in [5, 5.41) is 9.27. The van der Waals surface area contributed by atoms with E-state index in [-0.39, 0.29) is 17.8 Å². The summed E-state index contributed by atoms with van der Waals surface area (Å²) >= 11 is 6.66. The van der Waals surface area contributed by atoms with Gasteiger partial charge >= 0.3 is 0 Å². The predicted molar refractivity (Wildman–Crippen MR) is 76.8 cm³/mol. The second-order valence-electron chi connectivity index (χ2n) is 4.25. The highest BCUT2D eigenvalue weighted by Gasteiger charge is 2.41. The van der Waals surface area contributed by atoms with E-state index in [2.05, 4.69) is 20.6 Å². The molecule has 0 spiro atoms. The fraction of sp³-hybridized carbons (Fsp3) is 0.250. The number of anilines is 1. The lowest BCUT2D eigenvalue weighted by Crippen LogP contribution is -2.31. The number of hydrogen-bond donors (Lipinski definition) is 2. The number of pyridine rings is 1. The normalized spacial score (nSPS) is 20.9. The molecule has 19 heavy (non-hydrogen) atoms. The summed E-state index contributed by atoms with van der Waals surface area (Å²) in [6.45, 7) is 0. The van der Waals surface area contributed by atoms with Crippen LogP contribution in [0.5, 0.6) is 0 Å². The topological polar surface area (TPSA) is 49.8 Å². The monoisotopic (exact) mass is 294 g/mol. The number of hydrogen-bond acceptors (Lipinski definition) is 4. The Labute approximate surface area is 119 Å². The van der Waals surface area contributed by atoms with Crippen LogP contribution in [0.2, 0.25) is 0 Å². The van der Waals surface area contributed by atoms with Crippen LogP contribution in [-0.2, 0) is 0 Å². The van der Waals surface area contributed by atoms with Gasteiger partial charge in [0.25, 0.3) is 0 Å². The van der Waals surface area contributed by atoms with Crippen molar-refractivity contribution in [1.82, 2.24) is 15.3 Å². The molecule has 1 fully saturated rings. The molecule has 98 valence electrons. The zero-order valence-corrected chi connectivity index (χ0v) is 11.5. The van der Waals surface area contributed by atoms with Gasteiger partial charge in [-0.05, 0) is 30.8 Å². The maximum absolute atomic E-state index is 13.5. The minimum absolute atomic E-state index is 0.0947. The number of nitrogens with one attached hydrogen (secondary N) is 2. The van der Waals surface area contributed by atoms with E-state index < -0.39 is 0 Å². The van der Waals surface area contributed by atoms with Gasteiger partial charge in [0.1, 0.15) is 5.82 Å². The molecule has 2 aromatic heterocycles. The van der Waals surface area contributed by atoms with Gasteiger partial charge in [-0.25, -0.2) is 9.37 Å². The third-order valence-electron chi connectivity index (χ3n) is 2.90. The van der Waals surface area contributed by atoms with Crippen molar-refractivity contribution < 1.29 is 4.39 Å². The number of thiocarbonyl (C=S) groups is 1. The lowest BCUT2D eigenvalue weighted by molar-refractivity contribution is 0.597. The Morgan fingerprint density at radius 2 is 2.32 bits per heavy atom. The van der Waals surface area contributed by atoms with Crippen molar-refractivity contribution in [2.24, 2.45) is 0 Å². The first-order valence-electron chi connectivity index (χ1n) is 5.81. The zero-order valence-electron chi connectivity index (χ0n) is 9.84. The molecular formula is C12H11FN4S2. The summed E-state index contributed by atoms with van der Waals surface area (Å²) in [7, 11) is 0. The molecule has 3 rings (SSSR count). The molecule has 0 radical (unpaired) electrons. The molecule has 2 atom stereocenters. The quantitative estimate of drug-likeness (QED) is 0.852. The van der Waals surface area contributed by atoms with E-state index >= 15 is 0 Å². The van der Waals surface area contributed by atoms with Crippen molar-refractivity contribution in [1.29, 1.82) is 0 Å². The Hall–Kier alpha value is -1.60. The second-order valence-corrected chi connectivity index (χ2v) is 5.56. The molecule has 0 bridgehead atoms. The van der Waals surface area contributed by atoms with Gasteiger partial charge in [0.2, 0.25) is 0 Å². The third-order valence-corrected chi connectivity index (χ3v) is 3.81. The van der Waals surface area contributed by atoms with Gasteiger partial charge in [0, 0.05) is 29.7 Å². The molecule has 0 amide bonds. The maximum atomic E-state index is 13.5. The molecule has 2 aromatic rings. The fourth-order valence-electron chi connectivity index (χ4n) is 1.91. The van der Waals surface area contributed by atoms with Crippen LogP contribution in [0.1, 0.15) is 18.0 Å². The van der Waals surface area contributed by atoms with Crippen molar-refractivity contribution in [2.75, 3.05) is 5.32 Å². The highest BCUT2D eigenvalue weighted by atomic mass is 32.1. The molecule has 0 saturated heterocycles. The Morgan fingerprint density at radius 3 is 3.05 bits per heavy atom. The minimum Gasteiger partial charge on any atom is -0.359 e. The lowest BCUT2D eigenvalue weighted by Gasteiger charge is -2.07. The van der Waals surface area contributed by atoms with Crippen molar-refractivity contribution in [3.05, 3.63) is 41.4 Å². The molecule has 2 N–H and O–H groups in total. The second kappa shape index (κ2) is 5.18. The van der Waals surface area contributed by atoms with Crippen molar-refractivity contribution in [2.45, 2.75) is 18.4 Å². The number of aromatic nitrogens is 2. The van der Waals surface area contributed by atoms with Crippen LogP contribution in [-0.4, -0.2) is 21.1 Å². The molecule has 1 aliphatic rings. The van der Waals surface area contributed by atoms with Gasteiger partial charge in [0.05, 0.1) is 5.69 Å². The van der Waals surface area contributed by atoms with E-state index in [1.165, 1.54) is 17.4 Å². The van der Waals surface area contributed by atoms with Gasteiger partial charge in [-0.3, -0.25) is 4.98 Å². The first kappa shape index (κ1) is 12.4. The molecule has 0 aliphatic heterocycles. The Bertz CT molecular complexity index is 587. The highest BCUT2D eigenvalue weighted by molar-refractivity contribution is 7.80. The van der Waals surface area contributed by atoms with Crippen LogP contribution in [0.25, 0.3) is 0 Å². The molecule has 4 nitrogen and oxygen atoms in total. The molecule has 2 heterocycles. The average Bonchev–Trinajstić information content (AvgIpc) is 2.94. The predicted octanol–water partition coefficient (Wildman–Crippen LogP) is 2.52. The van der Waals surface area contributed by atoms with E-state index in [4.69, 9.17) is 12.2 Å². The number of nitrogens with zero attached hydrogens (tertiary/aromatic N) is 2. The standard InChI is InChI=1S/C12H11FN4S2/c13-8-2-1-3-14-10(8)7-6-9(7)16-11(18)17-12-15-4-5-19-12/h1-5,7,9H,6H2,(H2,15,16,17,18). The first-order chi connectivity index (χ1) is 9.24. The summed E-state index contributed by atoms with van der Waals surface area (Å²) < 4.78 is 13.5. The Balaban J connectivity index is 1.56. The number of rotatable bonds is 3. The first-order valence-corrected chi connectivity index (χ1v) is 7.10. The number of thiazole rings is 1. The average molecular weight is 294 g/mol. The van der Waals surface area contributed by atoms with E-state index in [9.17, 15) is 4.39 Å². The smallest absolute Gasteiger partial charge is 0.188 e. The summed E-state index contributed by atoms with van der Waals surface area (Å²) in [5.41, 5.74) is 0.511. The molecule has 0 aromatic carbocycles. The zero-order chi connectivity index (χ0) is 13.2. The summed E-state index contributed by atoms with van der Waals surface area (Å²) in [6.07, 6.45) is 4.16. The SMILES string of the molecule is Fc1cccnc1C1CC1NC(=S)Nc1nccs1. The van der Waals surface area contributed by atoms with Gasteiger partial charge in [0.15, 0.2) is 10.2 Å². The molecule has 2 unspecified atom stereocenters. The molecule has 1 saturated carbocycles. The van der Waals surface area contributed by atoms with Crippen LogP contribution < -0.4 is 10.6 Å². The van der Waals surface area contributed by atoms with Crippen molar-refractivity contribution in [3.63, 3.8) is 0 Å². The molecule has 1 aliphatic carbocycles. The van der Waals surface area contributed by atoms with E-state index in [0.29, 0.717) is 10.8 Å². The maximum Gasteiger partial charge on any atom is 0.188 e. The fourth-order valence-corrected chi connectivity index (χ4v) is 2.76. The number of halogens is 1. The third kappa shape index (κ3) is 2.87. The van der Waals surface area contributed by atoms with Crippen LogP contribution in [0.15, 0.2) is 29.9 Å². The molecular weight excluding hydrogens is 283 g/mol. The van der Waals surface area contributed by atoms with E-state index in [1.807, 2.05) is 5.38 Å². The van der Waals surface area contributed by atoms with Gasteiger partial charge < -0.3 is 10.6 Å². The van der Waals surface area contributed by atoms with Crippen LogP contribution in [0.3, 0.4) is 0 Å². The summed E-state index contributed by atoms with van der Waals surface area (Å²) in [6, 6.07) is 3.17. The van der Waals surface area contributed by atoms with Crippen molar-refractivity contribution >= 4 is 33.8 Å². The van der Waals surface area contributed by atoms with E-state index in [1.54, 1.807) is 18.5 Å². The lowest BCUT2D eigenvalue weighted by atomic mass is 10.2. The van der Waals surface area contributed by atoms with Gasteiger partial charge in [-0.15, -0.1) is 11.3 Å².